The molecule has 0 aromatic carbocycles. The molecule has 1 heterocycles. The van der Waals surface area contributed by atoms with E-state index in [4.69, 9.17) is 4.42 Å². The van der Waals surface area contributed by atoms with E-state index in [1.54, 1.807) is 0 Å². The summed E-state index contributed by atoms with van der Waals surface area (Å²) in [5, 5.41) is 3.16. The van der Waals surface area contributed by atoms with Crippen molar-refractivity contribution >= 4 is 0 Å². The van der Waals surface area contributed by atoms with E-state index in [1.807, 2.05) is 13.2 Å². The average Bonchev–Trinajstić information content (AvgIpc) is 2.96. The minimum Gasteiger partial charge on any atom is -0.443 e. The molecule has 90 valence electrons. The third-order valence-electron chi connectivity index (χ3n) is 4.09. The van der Waals surface area contributed by atoms with Gasteiger partial charge in [0.05, 0.1) is 12.2 Å². The molecule has 1 N–H and O–H groups in total. The summed E-state index contributed by atoms with van der Waals surface area (Å²) in [6.45, 7) is 4.33. The van der Waals surface area contributed by atoms with E-state index in [9.17, 15) is 0 Å². The van der Waals surface area contributed by atoms with Crippen LogP contribution in [0.2, 0.25) is 0 Å². The molecule has 1 aliphatic rings. The first-order valence-electron chi connectivity index (χ1n) is 6.35. The number of rotatable bonds is 4. The van der Waals surface area contributed by atoms with Crippen LogP contribution in [-0.2, 0) is 5.41 Å². The maximum absolute atomic E-state index is 5.94. The molecule has 1 fully saturated rings. The molecule has 1 saturated carbocycles. The molecule has 1 unspecified atom stereocenters. The quantitative estimate of drug-likeness (QED) is 0.850. The first kappa shape index (κ1) is 11.6. The molecule has 2 rings (SSSR count). The van der Waals surface area contributed by atoms with Gasteiger partial charge in [0, 0.05) is 5.41 Å². The fourth-order valence-corrected chi connectivity index (χ4v) is 2.68. The number of nitrogens with one attached hydrogen (secondary N) is 1. The van der Waals surface area contributed by atoms with Gasteiger partial charge in [0.25, 0.3) is 0 Å². The highest BCUT2D eigenvalue weighted by Gasteiger charge is 2.37. The van der Waals surface area contributed by atoms with Crippen LogP contribution in [0.25, 0.3) is 0 Å². The Morgan fingerprint density at radius 3 is 2.75 bits per heavy atom. The fourth-order valence-electron chi connectivity index (χ4n) is 2.68. The monoisotopic (exact) mass is 222 g/mol. The molecular formula is C13H22N2O. The summed E-state index contributed by atoms with van der Waals surface area (Å²) in [7, 11) is 1.93. The Balaban J connectivity index is 2.23. The maximum atomic E-state index is 5.94. The first-order valence-corrected chi connectivity index (χ1v) is 6.35. The van der Waals surface area contributed by atoms with Crippen LogP contribution in [0.1, 0.15) is 63.6 Å². The Hall–Kier alpha value is -0.830. The summed E-state index contributed by atoms with van der Waals surface area (Å²) in [4.78, 5) is 4.40. The van der Waals surface area contributed by atoms with Gasteiger partial charge in [0.2, 0.25) is 5.89 Å². The minimum absolute atomic E-state index is 0.198. The highest BCUT2D eigenvalue weighted by atomic mass is 16.4. The lowest BCUT2D eigenvalue weighted by atomic mass is 9.81. The smallest absolute Gasteiger partial charge is 0.211 e. The second-order valence-corrected chi connectivity index (χ2v) is 4.91. The van der Waals surface area contributed by atoms with Crippen molar-refractivity contribution in [2.45, 2.75) is 57.4 Å². The van der Waals surface area contributed by atoms with E-state index in [2.05, 4.69) is 24.1 Å². The van der Waals surface area contributed by atoms with Gasteiger partial charge in [0.15, 0.2) is 0 Å². The van der Waals surface area contributed by atoms with Crippen molar-refractivity contribution in [3.05, 3.63) is 17.8 Å². The molecule has 1 aromatic rings. The van der Waals surface area contributed by atoms with Crippen LogP contribution < -0.4 is 5.32 Å². The summed E-state index contributed by atoms with van der Waals surface area (Å²) in [6, 6.07) is 0.198. The third-order valence-corrected chi connectivity index (χ3v) is 4.09. The maximum Gasteiger partial charge on any atom is 0.211 e. The van der Waals surface area contributed by atoms with Crippen molar-refractivity contribution in [1.82, 2.24) is 10.3 Å². The predicted octanol–water partition coefficient (Wildman–Crippen LogP) is 3.18. The van der Waals surface area contributed by atoms with Crippen LogP contribution in [-0.4, -0.2) is 12.0 Å². The molecule has 0 radical (unpaired) electrons. The fraction of sp³-hybridized carbons (Fsp3) is 0.769. The Labute approximate surface area is 97.6 Å². The van der Waals surface area contributed by atoms with Crippen LogP contribution in [0.3, 0.4) is 0 Å². The van der Waals surface area contributed by atoms with Gasteiger partial charge in [-0.3, -0.25) is 0 Å². The third kappa shape index (κ3) is 1.88. The molecule has 3 heteroatoms. The molecule has 3 nitrogen and oxygen atoms in total. The average molecular weight is 222 g/mol. The van der Waals surface area contributed by atoms with Gasteiger partial charge in [0.1, 0.15) is 5.76 Å². The number of hydrogen-bond donors (Lipinski definition) is 1. The highest BCUT2D eigenvalue weighted by molar-refractivity contribution is 5.14. The van der Waals surface area contributed by atoms with Crippen molar-refractivity contribution in [3.63, 3.8) is 0 Å². The minimum atomic E-state index is 0.198. The van der Waals surface area contributed by atoms with Gasteiger partial charge in [-0.15, -0.1) is 0 Å². The largest absolute Gasteiger partial charge is 0.443 e. The molecule has 0 saturated heterocycles. The van der Waals surface area contributed by atoms with E-state index in [1.165, 1.54) is 25.7 Å². The lowest BCUT2D eigenvalue weighted by Crippen LogP contribution is -2.19. The van der Waals surface area contributed by atoms with Gasteiger partial charge in [-0.1, -0.05) is 19.8 Å². The van der Waals surface area contributed by atoms with E-state index < -0.39 is 0 Å². The molecular weight excluding hydrogens is 200 g/mol. The van der Waals surface area contributed by atoms with Gasteiger partial charge in [-0.2, -0.15) is 0 Å². The number of oxazole rings is 1. The molecule has 1 atom stereocenters. The van der Waals surface area contributed by atoms with Crippen LogP contribution >= 0.6 is 0 Å². The van der Waals surface area contributed by atoms with E-state index in [-0.39, 0.29) is 11.5 Å². The molecule has 1 aliphatic carbocycles. The summed E-state index contributed by atoms with van der Waals surface area (Å²) < 4.78 is 5.94. The van der Waals surface area contributed by atoms with Crippen LogP contribution in [0.15, 0.2) is 10.6 Å². The zero-order valence-corrected chi connectivity index (χ0v) is 10.5. The lowest BCUT2D eigenvalue weighted by molar-refractivity contribution is 0.305. The van der Waals surface area contributed by atoms with Gasteiger partial charge < -0.3 is 9.73 Å². The molecule has 1 aromatic heterocycles. The second kappa shape index (κ2) is 4.58. The standard InChI is InChI=1S/C13H22N2O/c1-4-13(7-5-6-8-13)11-9-15-12(16-11)10(2)14-3/h9-10,14H,4-8H2,1-3H3. The van der Waals surface area contributed by atoms with Gasteiger partial charge >= 0.3 is 0 Å². The van der Waals surface area contributed by atoms with Crippen molar-refractivity contribution < 1.29 is 4.42 Å². The van der Waals surface area contributed by atoms with Crippen molar-refractivity contribution in [3.8, 4) is 0 Å². The normalized spacial score (nSPS) is 21.2. The molecule has 0 bridgehead atoms. The summed E-state index contributed by atoms with van der Waals surface area (Å²) in [5.74, 6) is 1.92. The summed E-state index contributed by atoms with van der Waals surface area (Å²) in [5.41, 5.74) is 0.276. The molecule has 16 heavy (non-hydrogen) atoms. The number of aromatic nitrogens is 1. The van der Waals surface area contributed by atoms with Crippen LogP contribution in [0.4, 0.5) is 0 Å². The summed E-state index contributed by atoms with van der Waals surface area (Å²) in [6.07, 6.45) is 8.27. The number of hydrogen-bond acceptors (Lipinski definition) is 3. The lowest BCUT2D eigenvalue weighted by Gasteiger charge is -2.24. The SMILES string of the molecule is CCC1(c2cnc(C(C)NC)o2)CCCC1. The predicted molar refractivity (Wildman–Crippen MR) is 64.4 cm³/mol. The Bertz CT molecular complexity index is 339. The zero-order valence-electron chi connectivity index (χ0n) is 10.5. The van der Waals surface area contributed by atoms with E-state index >= 15 is 0 Å². The zero-order chi connectivity index (χ0) is 11.6. The molecule has 0 amide bonds. The summed E-state index contributed by atoms with van der Waals surface area (Å²) >= 11 is 0. The van der Waals surface area contributed by atoms with E-state index in [0.29, 0.717) is 0 Å². The number of nitrogens with zero attached hydrogens (tertiary/aromatic N) is 1. The second-order valence-electron chi connectivity index (χ2n) is 4.91. The topological polar surface area (TPSA) is 38.1 Å². The molecule has 0 aliphatic heterocycles. The highest BCUT2D eigenvalue weighted by Crippen LogP contribution is 2.44. The Kier molecular flexibility index (Phi) is 3.33. The Morgan fingerprint density at radius 2 is 2.19 bits per heavy atom. The molecule has 0 spiro atoms. The van der Waals surface area contributed by atoms with Crippen molar-refractivity contribution in [2.75, 3.05) is 7.05 Å². The van der Waals surface area contributed by atoms with Crippen LogP contribution in [0.5, 0.6) is 0 Å². The van der Waals surface area contributed by atoms with E-state index in [0.717, 1.165) is 18.1 Å². The van der Waals surface area contributed by atoms with Crippen molar-refractivity contribution in [1.29, 1.82) is 0 Å². The van der Waals surface area contributed by atoms with Gasteiger partial charge in [-0.25, -0.2) is 4.98 Å². The Morgan fingerprint density at radius 1 is 1.50 bits per heavy atom. The van der Waals surface area contributed by atoms with Crippen LogP contribution in [0, 0.1) is 0 Å². The van der Waals surface area contributed by atoms with Gasteiger partial charge in [-0.05, 0) is 33.2 Å². The first-order chi connectivity index (χ1) is 7.72. The van der Waals surface area contributed by atoms with Crippen molar-refractivity contribution in [2.24, 2.45) is 0 Å².